The number of likely N-dealkylation sites (tertiary alicyclic amines) is 1. The number of ether oxygens (including phenoxy) is 2. The molecular formula is C20H19ClN2O3S. The number of piperidine rings is 1. The van der Waals surface area contributed by atoms with Gasteiger partial charge in [-0.05, 0) is 24.3 Å². The van der Waals surface area contributed by atoms with E-state index in [1.165, 1.54) is 11.3 Å². The van der Waals surface area contributed by atoms with Crippen LogP contribution in [-0.2, 0) is 0 Å². The van der Waals surface area contributed by atoms with Gasteiger partial charge in [0.15, 0.2) is 0 Å². The van der Waals surface area contributed by atoms with Crippen molar-refractivity contribution in [2.45, 2.75) is 18.9 Å². The average Bonchev–Trinajstić information content (AvgIpc) is 3.12. The van der Waals surface area contributed by atoms with Gasteiger partial charge in [-0.3, -0.25) is 4.79 Å². The van der Waals surface area contributed by atoms with Crippen LogP contribution in [0.15, 0.2) is 42.5 Å². The summed E-state index contributed by atoms with van der Waals surface area (Å²) in [5, 5.41) is 1.27. The Labute approximate surface area is 166 Å². The average molecular weight is 403 g/mol. The number of thiazole rings is 1. The highest BCUT2D eigenvalue weighted by Gasteiger charge is 2.27. The van der Waals surface area contributed by atoms with E-state index in [-0.39, 0.29) is 12.0 Å². The molecule has 3 aromatic rings. The molecule has 0 unspecified atom stereocenters. The lowest BCUT2D eigenvalue weighted by Crippen LogP contribution is -2.41. The lowest BCUT2D eigenvalue weighted by atomic mass is 10.1. The predicted octanol–water partition coefficient (Wildman–Crippen LogP) is 4.64. The van der Waals surface area contributed by atoms with Gasteiger partial charge in [-0.25, -0.2) is 4.98 Å². The van der Waals surface area contributed by atoms with Crippen molar-refractivity contribution in [1.29, 1.82) is 0 Å². The van der Waals surface area contributed by atoms with Crippen molar-refractivity contribution < 1.29 is 14.3 Å². The summed E-state index contributed by atoms with van der Waals surface area (Å²) >= 11 is 7.68. The quantitative estimate of drug-likeness (QED) is 0.637. The summed E-state index contributed by atoms with van der Waals surface area (Å²) in [5.74, 6) is 0.602. The summed E-state index contributed by atoms with van der Waals surface area (Å²) in [6, 6.07) is 13.0. The number of nitrogens with zero attached hydrogens (tertiary/aromatic N) is 2. The maximum atomic E-state index is 12.8. The molecular weight excluding hydrogens is 384 g/mol. The van der Waals surface area contributed by atoms with Crippen molar-refractivity contribution in [3.05, 3.63) is 53.1 Å². The number of halogens is 1. The molecule has 1 aliphatic rings. The number of carbonyl (C=O) groups excluding carboxylic acids is 1. The van der Waals surface area contributed by atoms with Crippen molar-refractivity contribution in [2.75, 3.05) is 20.2 Å². The zero-order chi connectivity index (χ0) is 18.8. The van der Waals surface area contributed by atoms with Crippen LogP contribution in [0.4, 0.5) is 0 Å². The normalized spacial score (nSPS) is 15.1. The van der Waals surface area contributed by atoms with Crippen molar-refractivity contribution in [3.8, 4) is 10.9 Å². The highest BCUT2D eigenvalue weighted by Crippen LogP contribution is 2.33. The second kappa shape index (κ2) is 7.74. The molecule has 1 amide bonds. The molecule has 0 bridgehead atoms. The molecule has 0 spiro atoms. The van der Waals surface area contributed by atoms with E-state index in [1.54, 1.807) is 19.2 Å². The molecule has 0 atom stereocenters. The van der Waals surface area contributed by atoms with Gasteiger partial charge < -0.3 is 14.4 Å². The Kier molecular flexibility index (Phi) is 5.18. The number of hydrogen-bond acceptors (Lipinski definition) is 5. The predicted molar refractivity (Wildman–Crippen MR) is 107 cm³/mol. The fraction of sp³-hybridized carbons (Fsp3) is 0.300. The van der Waals surface area contributed by atoms with Crippen LogP contribution in [0.3, 0.4) is 0 Å². The van der Waals surface area contributed by atoms with Crippen molar-refractivity contribution in [2.24, 2.45) is 0 Å². The van der Waals surface area contributed by atoms with Gasteiger partial charge >= 0.3 is 0 Å². The smallest absolute Gasteiger partial charge is 0.274 e. The van der Waals surface area contributed by atoms with Crippen LogP contribution < -0.4 is 9.47 Å². The first-order chi connectivity index (χ1) is 13.2. The minimum absolute atomic E-state index is 0.00216. The molecule has 1 aliphatic heterocycles. The van der Waals surface area contributed by atoms with Crippen LogP contribution in [0.25, 0.3) is 10.2 Å². The molecule has 1 fully saturated rings. The van der Waals surface area contributed by atoms with Crippen LogP contribution in [0.2, 0.25) is 5.02 Å². The van der Waals surface area contributed by atoms with E-state index in [9.17, 15) is 4.79 Å². The molecule has 0 N–H and O–H groups in total. The highest BCUT2D eigenvalue weighted by atomic mass is 35.5. The molecule has 7 heteroatoms. The zero-order valence-electron chi connectivity index (χ0n) is 14.9. The van der Waals surface area contributed by atoms with Crippen LogP contribution in [-0.4, -0.2) is 42.1 Å². The summed E-state index contributed by atoms with van der Waals surface area (Å²) in [6.45, 7) is 1.29. The van der Waals surface area contributed by atoms with Gasteiger partial charge in [0.25, 0.3) is 11.1 Å². The SMILES string of the molecule is COc1ccccc1C(=O)N1CCC(Oc2nc3c(Cl)cccc3s2)CC1. The second-order valence-corrected chi connectivity index (χ2v) is 7.78. The summed E-state index contributed by atoms with van der Waals surface area (Å²) in [6.07, 6.45) is 1.58. The van der Waals surface area contributed by atoms with Crippen molar-refractivity contribution in [3.63, 3.8) is 0 Å². The summed E-state index contributed by atoms with van der Waals surface area (Å²) < 4.78 is 12.4. The van der Waals surface area contributed by atoms with E-state index in [0.717, 1.165) is 23.1 Å². The van der Waals surface area contributed by atoms with E-state index in [0.29, 0.717) is 34.6 Å². The third-order valence-electron chi connectivity index (χ3n) is 4.68. The maximum Gasteiger partial charge on any atom is 0.274 e. The first kappa shape index (κ1) is 18.1. The number of hydrogen-bond donors (Lipinski definition) is 0. The van der Waals surface area contributed by atoms with Gasteiger partial charge in [-0.1, -0.05) is 41.1 Å². The summed E-state index contributed by atoms with van der Waals surface area (Å²) in [5.41, 5.74) is 1.38. The minimum atomic E-state index is -0.00216. The highest BCUT2D eigenvalue weighted by molar-refractivity contribution is 7.20. The lowest BCUT2D eigenvalue weighted by molar-refractivity contribution is 0.0592. The molecule has 0 radical (unpaired) electrons. The molecule has 2 aromatic carbocycles. The van der Waals surface area contributed by atoms with E-state index in [4.69, 9.17) is 21.1 Å². The Hall–Kier alpha value is -2.31. The van der Waals surface area contributed by atoms with Gasteiger partial charge in [0.1, 0.15) is 17.4 Å². The van der Waals surface area contributed by atoms with Crippen LogP contribution in [0.5, 0.6) is 10.9 Å². The summed E-state index contributed by atoms with van der Waals surface area (Å²) in [7, 11) is 1.58. The first-order valence-electron chi connectivity index (χ1n) is 8.79. The van der Waals surface area contributed by atoms with Gasteiger partial charge in [0.05, 0.1) is 22.4 Å². The molecule has 4 rings (SSSR count). The third kappa shape index (κ3) is 3.73. The Morgan fingerprint density at radius 2 is 1.96 bits per heavy atom. The minimum Gasteiger partial charge on any atom is -0.496 e. The molecule has 140 valence electrons. The van der Waals surface area contributed by atoms with E-state index < -0.39 is 0 Å². The van der Waals surface area contributed by atoms with Crippen LogP contribution >= 0.6 is 22.9 Å². The Balaban J connectivity index is 1.39. The zero-order valence-corrected chi connectivity index (χ0v) is 16.4. The van der Waals surface area contributed by atoms with Crippen LogP contribution in [0.1, 0.15) is 23.2 Å². The van der Waals surface area contributed by atoms with Gasteiger partial charge in [-0.15, -0.1) is 0 Å². The topological polar surface area (TPSA) is 51.7 Å². The number of carbonyl (C=O) groups is 1. The van der Waals surface area contributed by atoms with Gasteiger partial charge in [0, 0.05) is 25.9 Å². The maximum absolute atomic E-state index is 12.8. The van der Waals surface area contributed by atoms with E-state index in [2.05, 4.69) is 4.98 Å². The lowest BCUT2D eigenvalue weighted by Gasteiger charge is -2.31. The Bertz CT molecular complexity index is 967. The molecule has 0 aliphatic carbocycles. The molecule has 1 aromatic heterocycles. The number of benzene rings is 2. The van der Waals surface area contributed by atoms with Gasteiger partial charge in [0.2, 0.25) is 0 Å². The number of para-hydroxylation sites is 2. The van der Waals surface area contributed by atoms with E-state index >= 15 is 0 Å². The number of fused-ring (bicyclic) bond motifs is 1. The summed E-state index contributed by atoms with van der Waals surface area (Å²) in [4.78, 5) is 19.1. The fourth-order valence-electron chi connectivity index (χ4n) is 3.26. The molecule has 27 heavy (non-hydrogen) atoms. The Morgan fingerprint density at radius 1 is 1.19 bits per heavy atom. The Morgan fingerprint density at radius 3 is 2.70 bits per heavy atom. The molecule has 0 saturated carbocycles. The standard InChI is InChI=1S/C20H19ClN2O3S/c1-25-16-7-3-2-5-14(16)19(24)23-11-9-13(10-12-23)26-20-22-18-15(21)6-4-8-17(18)27-20/h2-8,13H,9-12H2,1H3. The number of rotatable bonds is 4. The number of amides is 1. The van der Waals surface area contributed by atoms with E-state index in [1.807, 2.05) is 35.2 Å². The monoisotopic (exact) mass is 402 g/mol. The first-order valence-corrected chi connectivity index (χ1v) is 9.99. The van der Waals surface area contributed by atoms with Gasteiger partial charge in [-0.2, -0.15) is 0 Å². The largest absolute Gasteiger partial charge is 0.496 e. The number of aromatic nitrogens is 1. The van der Waals surface area contributed by atoms with Crippen molar-refractivity contribution >= 4 is 39.1 Å². The second-order valence-electron chi connectivity index (χ2n) is 6.38. The molecule has 5 nitrogen and oxygen atoms in total. The van der Waals surface area contributed by atoms with Crippen molar-refractivity contribution in [1.82, 2.24) is 9.88 Å². The molecule has 2 heterocycles. The molecule has 1 saturated heterocycles. The number of methoxy groups -OCH3 is 1. The third-order valence-corrected chi connectivity index (χ3v) is 5.90. The van der Waals surface area contributed by atoms with Crippen LogP contribution in [0, 0.1) is 0 Å². The fourth-order valence-corrected chi connectivity index (χ4v) is 4.44.